The molecule has 0 aliphatic rings. The van der Waals surface area contributed by atoms with Crippen molar-refractivity contribution >= 4 is 11.8 Å². The van der Waals surface area contributed by atoms with Gasteiger partial charge in [0.2, 0.25) is 0 Å². The van der Waals surface area contributed by atoms with Gasteiger partial charge in [0.1, 0.15) is 11.7 Å². The lowest BCUT2D eigenvalue weighted by Gasteiger charge is -2.11. The summed E-state index contributed by atoms with van der Waals surface area (Å²) < 4.78 is 0. The molecule has 0 saturated heterocycles. The second-order valence-corrected chi connectivity index (χ2v) is 5.88. The van der Waals surface area contributed by atoms with Crippen LogP contribution in [0.1, 0.15) is 50.4 Å². The van der Waals surface area contributed by atoms with Crippen LogP contribution in [0.4, 0.5) is 0 Å². The van der Waals surface area contributed by atoms with Gasteiger partial charge in [0.25, 0.3) is 0 Å². The number of carboxylic acid groups (broad SMARTS) is 1. The second kappa shape index (κ2) is 8.93. The van der Waals surface area contributed by atoms with E-state index in [2.05, 4.69) is 6.08 Å². The number of carbonyl (C=O) groups is 2. The largest absolute Gasteiger partial charge is 0.507 e. The van der Waals surface area contributed by atoms with E-state index in [9.17, 15) is 19.8 Å². The number of phenolic OH excluding ortho intramolecular Hbond substituents is 1. The molecule has 0 bridgehead atoms. The highest BCUT2D eigenvalue weighted by molar-refractivity contribution is 6.09. The Balaban J connectivity index is 2.80. The highest BCUT2D eigenvalue weighted by atomic mass is 16.4. The summed E-state index contributed by atoms with van der Waals surface area (Å²) in [5.74, 6) is -3.11. The van der Waals surface area contributed by atoms with Gasteiger partial charge in [-0.25, -0.2) is 0 Å². The number of para-hydroxylation sites is 1. The second-order valence-electron chi connectivity index (χ2n) is 5.88. The lowest BCUT2D eigenvalue weighted by atomic mass is 9.93. The van der Waals surface area contributed by atoms with E-state index in [1.54, 1.807) is 18.2 Å². The van der Waals surface area contributed by atoms with Gasteiger partial charge in [-0.1, -0.05) is 35.4 Å². The normalized spacial score (nSPS) is 12.6. The summed E-state index contributed by atoms with van der Waals surface area (Å²) in [4.78, 5) is 23.7. The molecule has 1 rings (SSSR count). The molecule has 1 atom stereocenters. The first-order valence-corrected chi connectivity index (χ1v) is 7.67. The van der Waals surface area contributed by atoms with E-state index in [4.69, 9.17) is 0 Å². The van der Waals surface area contributed by atoms with Crippen molar-refractivity contribution < 1.29 is 19.8 Å². The maximum atomic E-state index is 12.3. The minimum Gasteiger partial charge on any atom is -0.507 e. The Morgan fingerprint density at radius 2 is 1.78 bits per heavy atom. The fraction of sp³-hybridized carbons (Fsp3) is 0.368. The molecule has 4 heteroatoms. The van der Waals surface area contributed by atoms with Crippen LogP contribution in [0.3, 0.4) is 0 Å². The summed E-state index contributed by atoms with van der Waals surface area (Å²) in [7, 11) is 0. The van der Waals surface area contributed by atoms with Gasteiger partial charge in [0.05, 0.1) is 5.56 Å². The van der Waals surface area contributed by atoms with Gasteiger partial charge in [-0.2, -0.15) is 0 Å². The summed E-state index contributed by atoms with van der Waals surface area (Å²) in [5.41, 5.74) is 2.35. The molecule has 2 N–H and O–H groups in total. The monoisotopic (exact) mass is 316 g/mol. The Morgan fingerprint density at radius 3 is 2.35 bits per heavy atom. The molecule has 0 heterocycles. The summed E-state index contributed by atoms with van der Waals surface area (Å²) in [6, 6.07) is 6.02. The van der Waals surface area contributed by atoms with E-state index in [1.807, 2.05) is 20.8 Å². The number of aliphatic carboxylic acids is 1. The number of hydrogen-bond donors (Lipinski definition) is 2. The van der Waals surface area contributed by atoms with Crippen molar-refractivity contribution in [3.05, 3.63) is 53.1 Å². The van der Waals surface area contributed by atoms with Gasteiger partial charge in [-0.15, -0.1) is 0 Å². The van der Waals surface area contributed by atoms with Crippen LogP contribution in [0.25, 0.3) is 0 Å². The van der Waals surface area contributed by atoms with Crippen molar-refractivity contribution in [3.63, 3.8) is 0 Å². The number of allylic oxidation sites excluding steroid dienone is 4. The Labute approximate surface area is 137 Å². The SMILES string of the molecule is CC(C)=CCCC(C)=CCC(C(=O)O)C(=O)c1ccccc1O. The molecule has 0 aromatic heterocycles. The summed E-state index contributed by atoms with van der Waals surface area (Å²) in [6.45, 7) is 6.00. The standard InChI is InChI=1S/C19H24O4/c1-13(2)7-6-8-14(3)11-12-16(19(22)23)18(21)15-9-4-5-10-17(15)20/h4-5,7,9-11,16,20H,6,8,12H2,1-3H3,(H,22,23). The third-order valence-corrected chi connectivity index (χ3v) is 3.58. The van der Waals surface area contributed by atoms with Crippen molar-refractivity contribution in [3.8, 4) is 5.75 Å². The lowest BCUT2D eigenvalue weighted by Crippen LogP contribution is -2.23. The summed E-state index contributed by atoms with van der Waals surface area (Å²) >= 11 is 0. The predicted octanol–water partition coefficient (Wildman–Crippen LogP) is 4.36. The topological polar surface area (TPSA) is 74.6 Å². The molecule has 0 fully saturated rings. The van der Waals surface area contributed by atoms with E-state index >= 15 is 0 Å². The Morgan fingerprint density at radius 1 is 1.13 bits per heavy atom. The maximum Gasteiger partial charge on any atom is 0.314 e. The van der Waals surface area contributed by atoms with Crippen LogP contribution in [-0.4, -0.2) is 22.0 Å². The first-order chi connectivity index (χ1) is 10.8. The van der Waals surface area contributed by atoms with E-state index in [-0.39, 0.29) is 17.7 Å². The maximum absolute atomic E-state index is 12.3. The Bertz CT molecular complexity index is 622. The summed E-state index contributed by atoms with van der Waals surface area (Å²) in [6.07, 6.45) is 5.79. The van der Waals surface area contributed by atoms with Gasteiger partial charge in [-0.05, 0) is 52.2 Å². The molecule has 0 radical (unpaired) electrons. The Hall–Kier alpha value is -2.36. The number of benzene rings is 1. The van der Waals surface area contributed by atoms with Crippen molar-refractivity contribution in [1.29, 1.82) is 0 Å². The molecular formula is C19H24O4. The Kier molecular flexibility index (Phi) is 7.26. The average molecular weight is 316 g/mol. The first kappa shape index (κ1) is 18.7. The summed E-state index contributed by atoms with van der Waals surface area (Å²) in [5, 5.41) is 19.0. The molecule has 0 spiro atoms. The molecule has 0 saturated carbocycles. The zero-order chi connectivity index (χ0) is 17.4. The molecule has 4 nitrogen and oxygen atoms in total. The van der Waals surface area contributed by atoms with Crippen LogP contribution in [0, 0.1) is 5.92 Å². The number of Topliss-reactive ketones (excluding diaryl/α,β-unsaturated/α-hetero) is 1. The molecule has 0 aliphatic heterocycles. The van der Waals surface area contributed by atoms with Crippen molar-refractivity contribution in [2.45, 2.75) is 40.0 Å². The van der Waals surface area contributed by atoms with Crippen molar-refractivity contribution in [2.75, 3.05) is 0 Å². The minimum absolute atomic E-state index is 0.0514. The molecule has 0 aliphatic carbocycles. The molecule has 1 aromatic rings. The zero-order valence-corrected chi connectivity index (χ0v) is 13.9. The number of phenols is 1. The molecule has 1 aromatic carbocycles. The van der Waals surface area contributed by atoms with Crippen LogP contribution >= 0.6 is 0 Å². The molecular weight excluding hydrogens is 292 g/mol. The quantitative estimate of drug-likeness (QED) is 0.424. The third kappa shape index (κ3) is 6.10. The number of carboxylic acids is 1. The fourth-order valence-corrected chi connectivity index (χ4v) is 2.20. The van der Waals surface area contributed by atoms with Gasteiger partial charge in [0, 0.05) is 0 Å². The number of carbonyl (C=O) groups excluding carboxylic acids is 1. The molecule has 23 heavy (non-hydrogen) atoms. The van der Waals surface area contributed by atoms with E-state index in [0.717, 1.165) is 18.4 Å². The number of hydrogen-bond acceptors (Lipinski definition) is 3. The van der Waals surface area contributed by atoms with Gasteiger partial charge in [0.15, 0.2) is 5.78 Å². The van der Waals surface area contributed by atoms with Gasteiger partial charge < -0.3 is 10.2 Å². The van der Waals surface area contributed by atoms with Gasteiger partial charge >= 0.3 is 5.97 Å². The van der Waals surface area contributed by atoms with E-state index < -0.39 is 17.7 Å². The highest BCUT2D eigenvalue weighted by Gasteiger charge is 2.27. The molecule has 1 unspecified atom stereocenters. The predicted molar refractivity (Wildman–Crippen MR) is 90.6 cm³/mol. The van der Waals surface area contributed by atoms with Crippen LogP contribution < -0.4 is 0 Å². The first-order valence-electron chi connectivity index (χ1n) is 7.67. The van der Waals surface area contributed by atoms with E-state index in [1.165, 1.54) is 17.7 Å². The van der Waals surface area contributed by atoms with Crippen LogP contribution in [0.5, 0.6) is 5.75 Å². The zero-order valence-electron chi connectivity index (χ0n) is 13.9. The lowest BCUT2D eigenvalue weighted by molar-refractivity contribution is -0.139. The highest BCUT2D eigenvalue weighted by Crippen LogP contribution is 2.22. The fourth-order valence-electron chi connectivity index (χ4n) is 2.20. The van der Waals surface area contributed by atoms with Crippen LogP contribution in [0.2, 0.25) is 0 Å². The third-order valence-electron chi connectivity index (χ3n) is 3.58. The van der Waals surface area contributed by atoms with Crippen LogP contribution in [0.15, 0.2) is 47.6 Å². The van der Waals surface area contributed by atoms with Crippen molar-refractivity contribution in [2.24, 2.45) is 5.92 Å². The number of rotatable bonds is 8. The van der Waals surface area contributed by atoms with E-state index in [0.29, 0.717) is 0 Å². The molecule has 124 valence electrons. The van der Waals surface area contributed by atoms with Crippen LogP contribution in [-0.2, 0) is 4.79 Å². The average Bonchev–Trinajstić information content (AvgIpc) is 2.46. The smallest absolute Gasteiger partial charge is 0.314 e. The minimum atomic E-state index is -1.18. The number of ketones is 1. The molecule has 0 amide bonds. The van der Waals surface area contributed by atoms with Crippen molar-refractivity contribution in [1.82, 2.24) is 0 Å². The van der Waals surface area contributed by atoms with Gasteiger partial charge in [-0.3, -0.25) is 9.59 Å². The number of aromatic hydroxyl groups is 1.